The molecule has 0 aliphatic carbocycles. The number of carbonyl (C=O) groups excluding carboxylic acids is 1. The minimum atomic E-state index is -0.101. The molecular formula is C17H20ClN3O3. The predicted molar refractivity (Wildman–Crippen MR) is 92.1 cm³/mol. The molecule has 1 aromatic carbocycles. The highest BCUT2D eigenvalue weighted by molar-refractivity contribution is 6.34. The largest absolute Gasteiger partial charge is 0.486 e. The minimum absolute atomic E-state index is 0.101. The fourth-order valence-electron chi connectivity index (χ4n) is 2.79. The van der Waals surface area contributed by atoms with Crippen LogP contribution >= 0.6 is 11.6 Å². The van der Waals surface area contributed by atoms with Crippen LogP contribution in [0.1, 0.15) is 23.4 Å². The van der Waals surface area contributed by atoms with E-state index in [0.29, 0.717) is 48.3 Å². The van der Waals surface area contributed by atoms with E-state index in [1.807, 2.05) is 25.6 Å². The standard InChI is InChI=1S/C17H20ClN3O3/c1-10-12(11(2)21(3)20-10)4-5-17(22)19-14-9-16-15(8-13(14)18)23-6-7-24-16/h8-9H,4-7H2,1-3H3,(H,19,22). The minimum Gasteiger partial charge on any atom is -0.486 e. The van der Waals surface area contributed by atoms with Gasteiger partial charge in [-0.2, -0.15) is 5.10 Å². The van der Waals surface area contributed by atoms with Crippen LogP contribution in [-0.2, 0) is 18.3 Å². The molecule has 0 spiro atoms. The molecule has 0 radical (unpaired) electrons. The second-order valence-electron chi connectivity index (χ2n) is 5.80. The van der Waals surface area contributed by atoms with Crippen LogP contribution in [-0.4, -0.2) is 28.9 Å². The van der Waals surface area contributed by atoms with Crippen molar-refractivity contribution >= 4 is 23.2 Å². The molecule has 0 unspecified atom stereocenters. The van der Waals surface area contributed by atoms with Crippen molar-refractivity contribution in [3.8, 4) is 11.5 Å². The van der Waals surface area contributed by atoms with Crippen molar-refractivity contribution in [2.24, 2.45) is 7.05 Å². The van der Waals surface area contributed by atoms with E-state index in [1.165, 1.54) is 0 Å². The first-order chi connectivity index (χ1) is 11.5. The van der Waals surface area contributed by atoms with E-state index in [4.69, 9.17) is 21.1 Å². The summed E-state index contributed by atoms with van der Waals surface area (Å²) in [7, 11) is 1.90. The lowest BCUT2D eigenvalue weighted by Gasteiger charge is -2.20. The van der Waals surface area contributed by atoms with Crippen LogP contribution in [0.2, 0.25) is 5.02 Å². The van der Waals surface area contributed by atoms with Crippen LogP contribution < -0.4 is 14.8 Å². The van der Waals surface area contributed by atoms with Gasteiger partial charge in [0, 0.05) is 31.3 Å². The van der Waals surface area contributed by atoms with Gasteiger partial charge < -0.3 is 14.8 Å². The van der Waals surface area contributed by atoms with E-state index in [0.717, 1.165) is 17.0 Å². The third kappa shape index (κ3) is 3.33. The molecule has 1 aromatic heterocycles. The number of carbonyl (C=O) groups is 1. The molecule has 1 N–H and O–H groups in total. The average molecular weight is 350 g/mol. The molecule has 24 heavy (non-hydrogen) atoms. The molecule has 0 saturated heterocycles. The number of nitrogens with one attached hydrogen (secondary N) is 1. The van der Waals surface area contributed by atoms with Crippen molar-refractivity contribution in [2.75, 3.05) is 18.5 Å². The van der Waals surface area contributed by atoms with Crippen molar-refractivity contribution < 1.29 is 14.3 Å². The Morgan fingerprint density at radius 2 is 1.96 bits per heavy atom. The van der Waals surface area contributed by atoms with Gasteiger partial charge in [-0.15, -0.1) is 0 Å². The van der Waals surface area contributed by atoms with Gasteiger partial charge >= 0.3 is 0 Å². The Morgan fingerprint density at radius 3 is 2.58 bits per heavy atom. The Morgan fingerprint density at radius 1 is 1.29 bits per heavy atom. The lowest BCUT2D eigenvalue weighted by Crippen LogP contribution is -2.17. The highest BCUT2D eigenvalue weighted by Crippen LogP contribution is 2.38. The molecule has 1 amide bonds. The summed E-state index contributed by atoms with van der Waals surface area (Å²) < 4.78 is 12.8. The zero-order valence-electron chi connectivity index (χ0n) is 14.0. The first-order valence-corrected chi connectivity index (χ1v) is 8.21. The summed E-state index contributed by atoms with van der Waals surface area (Å²) in [6.07, 6.45) is 0.998. The summed E-state index contributed by atoms with van der Waals surface area (Å²) >= 11 is 6.21. The number of hydrogen-bond donors (Lipinski definition) is 1. The molecule has 3 rings (SSSR count). The van der Waals surface area contributed by atoms with Gasteiger partial charge in [-0.3, -0.25) is 9.48 Å². The van der Waals surface area contributed by atoms with Crippen LogP contribution in [0, 0.1) is 13.8 Å². The average Bonchev–Trinajstić information content (AvgIpc) is 2.79. The van der Waals surface area contributed by atoms with Crippen molar-refractivity contribution in [1.29, 1.82) is 0 Å². The summed E-state index contributed by atoms with van der Waals surface area (Å²) in [6.45, 7) is 4.95. The molecule has 1 aliphatic heterocycles. The van der Waals surface area contributed by atoms with Crippen molar-refractivity contribution in [2.45, 2.75) is 26.7 Å². The Hall–Kier alpha value is -2.21. The molecule has 6 nitrogen and oxygen atoms in total. The summed E-state index contributed by atoms with van der Waals surface area (Å²) in [6, 6.07) is 3.37. The van der Waals surface area contributed by atoms with Crippen LogP contribution in [0.25, 0.3) is 0 Å². The number of aromatic nitrogens is 2. The Kier molecular flexibility index (Phi) is 4.66. The Bertz CT molecular complexity index is 786. The first kappa shape index (κ1) is 16.6. The van der Waals surface area contributed by atoms with Gasteiger partial charge in [0.1, 0.15) is 13.2 Å². The number of ether oxygens (including phenoxy) is 2. The van der Waals surface area contributed by atoms with Gasteiger partial charge in [0.05, 0.1) is 16.4 Å². The zero-order chi connectivity index (χ0) is 17.3. The van der Waals surface area contributed by atoms with Gasteiger partial charge in [0.25, 0.3) is 0 Å². The number of rotatable bonds is 4. The molecule has 0 saturated carbocycles. The van der Waals surface area contributed by atoms with Gasteiger partial charge in [0.15, 0.2) is 11.5 Å². The second-order valence-corrected chi connectivity index (χ2v) is 6.20. The highest BCUT2D eigenvalue weighted by atomic mass is 35.5. The quantitative estimate of drug-likeness (QED) is 0.921. The highest BCUT2D eigenvalue weighted by Gasteiger charge is 2.17. The van der Waals surface area contributed by atoms with E-state index >= 15 is 0 Å². The molecule has 2 heterocycles. The van der Waals surface area contributed by atoms with Crippen LogP contribution in [0.3, 0.4) is 0 Å². The third-order valence-corrected chi connectivity index (χ3v) is 4.48. The number of fused-ring (bicyclic) bond motifs is 1. The molecule has 0 fully saturated rings. The van der Waals surface area contributed by atoms with Crippen LogP contribution in [0.15, 0.2) is 12.1 Å². The number of anilines is 1. The fourth-order valence-corrected chi connectivity index (χ4v) is 2.99. The summed E-state index contributed by atoms with van der Waals surface area (Å²) in [5.74, 6) is 1.10. The van der Waals surface area contributed by atoms with E-state index in [-0.39, 0.29) is 5.91 Å². The maximum absolute atomic E-state index is 12.3. The number of halogens is 1. The molecule has 128 valence electrons. The number of nitrogens with zero attached hydrogens (tertiary/aromatic N) is 2. The molecule has 0 bridgehead atoms. The molecular weight excluding hydrogens is 330 g/mol. The third-order valence-electron chi connectivity index (χ3n) is 4.17. The summed E-state index contributed by atoms with van der Waals surface area (Å²) in [4.78, 5) is 12.3. The van der Waals surface area contributed by atoms with Crippen LogP contribution in [0.4, 0.5) is 5.69 Å². The van der Waals surface area contributed by atoms with Gasteiger partial charge in [-0.25, -0.2) is 0 Å². The van der Waals surface area contributed by atoms with E-state index < -0.39 is 0 Å². The monoisotopic (exact) mass is 349 g/mol. The second kappa shape index (κ2) is 6.73. The Balaban J connectivity index is 1.67. The number of aryl methyl sites for hydroxylation is 2. The Labute approximate surface area is 145 Å². The van der Waals surface area contributed by atoms with Crippen LogP contribution in [0.5, 0.6) is 11.5 Å². The van der Waals surface area contributed by atoms with Gasteiger partial charge in [-0.1, -0.05) is 11.6 Å². The SMILES string of the molecule is Cc1nn(C)c(C)c1CCC(=O)Nc1cc2c(cc1Cl)OCCO2. The van der Waals surface area contributed by atoms with Gasteiger partial charge in [0.2, 0.25) is 5.91 Å². The van der Waals surface area contributed by atoms with Crippen molar-refractivity contribution in [3.05, 3.63) is 34.1 Å². The summed E-state index contributed by atoms with van der Waals surface area (Å²) in [5.41, 5.74) is 3.68. The molecule has 2 aromatic rings. The van der Waals surface area contributed by atoms with E-state index in [2.05, 4.69) is 10.4 Å². The van der Waals surface area contributed by atoms with Gasteiger partial charge in [-0.05, 0) is 25.8 Å². The van der Waals surface area contributed by atoms with E-state index in [1.54, 1.807) is 12.1 Å². The lowest BCUT2D eigenvalue weighted by atomic mass is 10.1. The fraction of sp³-hybridized carbons (Fsp3) is 0.412. The number of benzene rings is 1. The molecule has 0 atom stereocenters. The van der Waals surface area contributed by atoms with Crippen molar-refractivity contribution in [1.82, 2.24) is 9.78 Å². The smallest absolute Gasteiger partial charge is 0.224 e. The maximum atomic E-state index is 12.3. The molecule has 1 aliphatic rings. The topological polar surface area (TPSA) is 65.4 Å². The number of amides is 1. The normalized spacial score (nSPS) is 13.0. The van der Waals surface area contributed by atoms with E-state index in [9.17, 15) is 4.79 Å². The maximum Gasteiger partial charge on any atom is 0.224 e. The zero-order valence-corrected chi connectivity index (χ0v) is 14.7. The number of hydrogen-bond acceptors (Lipinski definition) is 4. The summed E-state index contributed by atoms with van der Waals surface area (Å²) in [5, 5.41) is 7.64. The first-order valence-electron chi connectivity index (χ1n) is 7.83. The van der Waals surface area contributed by atoms with Crippen molar-refractivity contribution in [3.63, 3.8) is 0 Å². The lowest BCUT2D eigenvalue weighted by molar-refractivity contribution is -0.116. The molecule has 7 heteroatoms. The predicted octanol–water partition coefficient (Wildman–Crippen LogP) is 3.03.